The number of fused-ring (bicyclic) bond motifs is 1. The Bertz CT molecular complexity index is 1310. The molecule has 5 rings (SSSR count). The van der Waals surface area contributed by atoms with Crippen LogP contribution >= 0.6 is 22.9 Å². The van der Waals surface area contributed by atoms with Crippen molar-refractivity contribution >= 4 is 33.8 Å². The first-order valence-electron chi connectivity index (χ1n) is 10.3. The highest BCUT2D eigenvalue weighted by molar-refractivity contribution is 7.15. The summed E-state index contributed by atoms with van der Waals surface area (Å²) in [5, 5.41) is 5.90. The van der Waals surface area contributed by atoms with E-state index in [9.17, 15) is 4.79 Å². The van der Waals surface area contributed by atoms with Crippen molar-refractivity contribution in [3.63, 3.8) is 0 Å². The van der Waals surface area contributed by atoms with Gasteiger partial charge in [0, 0.05) is 27.9 Å². The Morgan fingerprint density at radius 3 is 2.19 bits per heavy atom. The fourth-order valence-corrected chi connectivity index (χ4v) is 4.74. The molecule has 0 unspecified atom stereocenters. The largest absolute Gasteiger partial charge is 0.345 e. The standard InChI is InChI=1S/C26H20ClN3OS/c27-21-13-11-18(12-14-21)23-16-30-22(17-32-26(30)28-23)15-24(31)29-25(19-7-3-1-4-8-19)20-9-5-2-6-10-20/h1-14,16-17,25H,15H2,(H,29,31). The molecule has 5 aromatic rings. The van der Waals surface area contributed by atoms with Gasteiger partial charge in [-0.15, -0.1) is 11.3 Å². The molecule has 0 saturated carbocycles. The van der Waals surface area contributed by atoms with E-state index in [1.807, 2.05) is 101 Å². The average Bonchev–Trinajstić information content (AvgIpc) is 3.41. The second kappa shape index (κ2) is 8.99. The summed E-state index contributed by atoms with van der Waals surface area (Å²) in [6.07, 6.45) is 2.25. The van der Waals surface area contributed by atoms with E-state index in [4.69, 9.17) is 16.6 Å². The zero-order valence-corrected chi connectivity index (χ0v) is 18.7. The molecule has 6 heteroatoms. The van der Waals surface area contributed by atoms with Crippen molar-refractivity contribution in [3.8, 4) is 11.3 Å². The van der Waals surface area contributed by atoms with Gasteiger partial charge in [0.15, 0.2) is 4.96 Å². The molecular formula is C26H20ClN3OS. The number of thiazole rings is 1. The van der Waals surface area contributed by atoms with Crippen LogP contribution < -0.4 is 5.32 Å². The van der Waals surface area contributed by atoms with Gasteiger partial charge in [0.05, 0.1) is 18.2 Å². The van der Waals surface area contributed by atoms with Crippen LogP contribution in [-0.2, 0) is 11.2 Å². The molecule has 158 valence electrons. The van der Waals surface area contributed by atoms with Crippen molar-refractivity contribution in [2.75, 3.05) is 0 Å². The van der Waals surface area contributed by atoms with Gasteiger partial charge in [-0.1, -0.05) is 84.4 Å². The van der Waals surface area contributed by atoms with Crippen LogP contribution in [0.25, 0.3) is 16.2 Å². The van der Waals surface area contributed by atoms with Crippen LogP contribution in [0.1, 0.15) is 22.9 Å². The fourth-order valence-electron chi connectivity index (χ4n) is 3.74. The number of hydrogen-bond donors (Lipinski definition) is 1. The van der Waals surface area contributed by atoms with Crippen LogP contribution in [0, 0.1) is 0 Å². The van der Waals surface area contributed by atoms with Crippen LogP contribution in [0.4, 0.5) is 0 Å². The molecule has 0 atom stereocenters. The lowest BCUT2D eigenvalue weighted by Gasteiger charge is -2.20. The van der Waals surface area contributed by atoms with E-state index in [1.165, 1.54) is 11.3 Å². The third-order valence-corrected chi connectivity index (χ3v) is 6.48. The number of aromatic nitrogens is 2. The van der Waals surface area contributed by atoms with Gasteiger partial charge in [-0.3, -0.25) is 9.20 Å². The number of hydrogen-bond acceptors (Lipinski definition) is 3. The first kappa shape index (κ1) is 20.5. The summed E-state index contributed by atoms with van der Waals surface area (Å²) in [4.78, 5) is 18.6. The summed E-state index contributed by atoms with van der Waals surface area (Å²) >= 11 is 7.53. The van der Waals surface area contributed by atoms with Crippen LogP contribution in [0.15, 0.2) is 96.5 Å². The molecule has 3 aromatic carbocycles. The Hall–Kier alpha value is -3.41. The number of carbonyl (C=O) groups excluding carboxylic acids is 1. The van der Waals surface area contributed by atoms with E-state index >= 15 is 0 Å². The molecule has 0 bridgehead atoms. The molecule has 0 aliphatic heterocycles. The number of nitrogens with one attached hydrogen (secondary N) is 1. The molecule has 2 heterocycles. The number of rotatable bonds is 6. The van der Waals surface area contributed by atoms with Crippen LogP contribution in [0.2, 0.25) is 5.02 Å². The van der Waals surface area contributed by atoms with Crippen LogP contribution in [-0.4, -0.2) is 15.3 Å². The Kier molecular flexibility index (Phi) is 5.75. The number of amides is 1. The maximum atomic E-state index is 13.1. The summed E-state index contributed by atoms with van der Waals surface area (Å²) in [5.74, 6) is -0.0378. The molecule has 1 amide bonds. The summed E-state index contributed by atoms with van der Waals surface area (Å²) in [6, 6.07) is 27.5. The van der Waals surface area contributed by atoms with Gasteiger partial charge >= 0.3 is 0 Å². The second-order valence-electron chi connectivity index (χ2n) is 7.51. The Morgan fingerprint density at radius 2 is 1.56 bits per heavy atom. The lowest BCUT2D eigenvalue weighted by Crippen LogP contribution is -2.30. The van der Waals surface area contributed by atoms with Gasteiger partial charge in [0.1, 0.15) is 0 Å². The zero-order chi connectivity index (χ0) is 21.9. The quantitative estimate of drug-likeness (QED) is 0.331. The summed E-state index contributed by atoms with van der Waals surface area (Å²) < 4.78 is 1.99. The molecule has 4 nitrogen and oxygen atoms in total. The van der Waals surface area contributed by atoms with Crippen molar-refractivity contribution in [2.24, 2.45) is 0 Å². The third-order valence-electron chi connectivity index (χ3n) is 5.34. The molecular weight excluding hydrogens is 438 g/mol. The van der Waals surface area contributed by atoms with E-state index in [-0.39, 0.29) is 18.4 Å². The lowest BCUT2D eigenvalue weighted by molar-refractivity contribution is -0.121. The maximum Gasteiger partial charge on any atom is 0.226 e. The van der Waals surface area contributed by atoms with Crippen molar-refractivity contribution < 1.29 is 4.79 Å². The topological polar surface area (TPSA) is 46.4 Å². The van der Waals surface area contributed by atoms with Gasteiger partial charge in [0.2, 0.25) is 5.91 Å². The maximum absolute atomic E-state index is 13.1. The zero-order valence-electron chi connectivity index (χ0n) is 17.1. The summed E-state index contributed by atoms with van der Waals surface area (Å²) in [6.45, 7) is 0. The SMILES string of the molecule is O=C(Cc1csc2nc(-c3ccc(Cl)cc3)cn12)NC(c1ccccc1)c1ccccc1. The minimum Gasteiger partial charge on any atom is -0.345 e. The van der Waals surface area contributed by atoms with E-state index in [0.29, 0.717) is 5.02 Å². The predicted octanol–water partition coefficient (Wildman–Crippen LogP) is 6.16. The first-order valence-corrected chi connectivity index (χ1v) is 11.5. The Labute approximate surface area is 195 Å². The lowest BCUT2D eigenvalue weighted by atomic mass is 9.98. The van der Waals surface area contributed by atoms with Gasteiger partial charge in [-0.25, -0.2) is 4.98 Å². The Balaban J connectivity index is 1.38. The van der Waals surface area contributed by atoms with Gasteiger partial charge in [-0.05, 0) is 23.3 Å². The van der Waals surface area contributed by atoms with Crippen LogP contribution in [0.3, 0.4) is 0 Å². The van der Waals surface area contributed by atoms with E-state index in [0.717, 1.165) is 33.0 Å². The van der Waals surface area contributed by atoms with Gasteiger partial charge < -0.3 is 5.32 Å². The molecule has 0 aliphatic carbocycles. The molecule has 0 radical (unpaired) electrons. The van der Waals surface area contributed by atoms with Crippen LogP contribution in [0.5, 0.6) is 0 Å². The number of benzene rings is 3. The average molecular weight is 458 g/mol. The normalized spacial score (nSPS) is 11.2. The van der Waals surface area contributed by atoms with Gasteiger partial charge in [0.25, 0.3) is 0 Å². The summed E-state index contributed by atoms with van der Waals surface area (Å²) in [7, 11) is 0. The van der Waals surface area contributed by atoms with Crippen molar-refractivity contribution in [1.29, 1.82) is 0 Å². The molecule has 0 saturated heterocycles. The monoisotopic (exact) mass is 457 g/mol. The first-order chi connectivity index (χ1) is 15.7. The van der Waals surface area contributed by atoms with E-state index in [2.05, 4.69) is 5.32 Å². The highest BCUT2D eigenvalue weighted by atomic mass is 35.5. The highest BCUT2D eigenvalue weighted by Crippen LogP contribution is 2.26. The molecule has 1 N–H and O–H groups in total. The molecule has 2 aromatic heterocycles. The summed E-state index contributed by atoms with van der Waals surface area (Å²) in [5.41, 5.74) is 4.87. The van der Waals surface area contributed by atoms with E-state index < -0.39 is 0 Å². The third kappa shape index (κ3) is 4.31. The minimum absolute atomic E-state index is 0.0378. The molecule has 0 spiro atoms. The highest BCUT2D eigenvalue weighted by Gasteiger charge is 2.18. The molecule has 0 aliphatic rings. The molecule has 0 fully saturated rings. The fraction of sp³-hybridized carbons (Fsp3) is 0.0769. The Morgan fingerprint density at radius 1 is 0.938 bits per heavy atom. The second-order valence-corrected chi connectivity index (χ2v) is 8.78. The van der Waals surface area contributed by atoms with Crippen molar-refractivity contribution in [3.05, 3.63) is 118 Å². The number of nitrogens with zero attached hydrogens (tertiary/aromatic N) is 2. The number of carbonyl (C=O) groups is 1. The number of halogens is 1. The van der Waals surface area contributed by atoms with Gasteiger partial charge in [-0.2, -0.15) is 0 Å². The predicted molar refractivity (Wildman–Crippen MR) is 130 cm³/mol. The van der Waals surface area contributed by atoms with Crippen molar-refractivity contribution in [1.82, 2.24) is 14.7 Å². The molecule has 32 heavy (non-hydrogen) atoms. The van der Waals surface area contributed by atoms with E-state index in [1.54, 1.807) is 0 Å². The smallest absolute Gasteiger partial charge is 0.226 e. The van der Waals surface area contributed by atoms with Crippen molar-refractivity contribution in [2.45, 2.75) is 12.5 Å². The minimum atomic E-state index is -0.202. The number of imidazole rings is 1.